The minimum absolute atomic E-state index is 0.0139. The number of phenolic OH excluding ortho intramolecular Hbond substituents is 1. The molecule has 12 heteroatoms. The van der Waals surface area contributed by atoms with E-state index in [1.54, 1.807) is 25.5 Å². The summed E-state index contributed by atoms with van der Waals surface area (Å²) in [6.45, 7) is 4.76. The highest BCUT2D eigenvalue weighted by Gasteiger charge is 2.37. The van der Waals surface area contributed by atoms with Crippen LogP contribution in [0.1, 0.15) is 20.8 Å². The molecule has 31 heavy (non-hydrogen) atoms. The maximum Gasteiger partial charge on any atom is 0.407 e. The number of aromatic hydroxyl groups is 1. The Morgan fingerprint density at radius 3 is 2.65 bits per heavy atom. The molecule has 0 unspecified atom stereocenters. The number of hydrogen-bond acceptors (Lipinski definition) is 7. The van der Waals surface area contributed by atoms with Crippen LogP contribution in [0.4, 0.5) is 14.9 Å². The molecule has 168 valence electrons. The van der Waals surface area contributed by atoms with Crippen molar-refractivity contribution in [3.8, 4) is 11.5 Å². The minimum Gasteiger partial charge on any atom is -0.506 e. The van der Waals surface area contributed by atoms with Gasteiger partial charge in [-0.3, -0.25) is 4.79 Å². The normalized spacial score (nSPS) is 15.6. The molecule has 3 rings (SSSR count). The topological polar surface area (TPSA) is 134 Å². The number of nitrogens with one attached hydrogen (secondary N) is 2. The molecular weight excluding hydrogens is 433 g/mol. The number of halogens is 1. The molecule has 1 heterocycles. The molecule has 0 atom stereocenters. The molecule has 10 nitrogen and oxygen atoms in total. The van der Waals surface area contributed by atoms with Crippen LogP contribution in [0.15, 0.2) is 24.3 Å². The van der Waals surface area contributed by atoms with Crippen LogP contribution in [0.2, 0.25) is 0 Å². The molecule has 1 aliphatic heterocycles. The highest BCUT2D eigenvalue weighted by atomic mass is 32.2. The van der Waals surface area contributed by atoms with Crippen LogP contribution in [0, 0.1) is 5.82 Å². The average molecular weight is 455 g/mol. The maximum atomic E-state index is 15.1. The lowest BCUT2D eigenvalue weighted by Gasteiger charge is -2.19. The predicted octanol–water partition coefficient (Wildman–Crippen LogP) is 1.77. The molecule has 0 aromatic heterocycles. The number of nitrogens with zero attached hydrogens (tertiary/aromatic N) is 1. The van der Waals surface area contributed by atoms with Gasteiger partial charge in [-0.1, -0.05) is 6.07 Å². The van der Waals surface area contributed by atoms with Gasteiger partial charge in [0.1, 0.15) is 35.9 Å². The summed E-state index contributed by atoms with van der Waals surface area (Å²) < 4.78 is 52.0. The Morgan fingerprint density at radius 2 is 2.03 bits per heavy atom. The van der Waals surface area contributed by atoms with E-state index in [9.17, 15) is 23.1 Å². The van der Waals surface area contributed by atoms with Gasteiger partial charge in [-0.25, -0.2) is 18.2 Å². The Morgan fingerprint density at radius 1 is 1.32 bits per heavy atom. The molecule has 2 amide bonds. The molecule has 1 aliphatic rings. The molecule has 2 aromatic rings. The van der Waals surface area contributed by atoms with E-state index in [0.29, 0.717) is 9.69 Å². The molecule has 3 N–H and O–H groups in total. The van der Waals surface area contributed by atoms with E-state index in [-0.39, 0.29) is 24.3 Å². The van der Waals surface area contributed by atoms with Crippen molar-refractivity contribution in [3.05, 3.63) is 30.1 Å². The quantitative estimate of drug-likeness (QED) is 0.585. The summed E-state index contributed by atoms with van der Waals surface area (Å²) in [6.07, 6.45) is -0.601. The first-order chi connectivity index (χ1) is 14.4. The van der Waals surface area contributed by atoms with Crippen molar-refractivity contribution in [3.63, 3.8) is 0 Å². The minimum atomic E-state index is -4.30. The molecule has 0 aliphatic carbocycles. The Kier molecular flexibility index (Phi) is 5.85. The van der Waals surface area contributed by atoms with Crippen molar-refractivity contribution in [1.82, 2.24) is 10.0 Å². The lowest BCUT2D eigenvalue weighted by atomic mass is 10.1. The Hall–Kier alpha value is -3.28. The molecule has 0 spiro atoms. The van der Waals surface area contributed by atoms with Gasteiger partial charge in [0.05, 0.1) is 6.54 Å². The molecular formula is C19H22FN3O7S. The molecule has 0 saturated carbocycles. The van der Waals surface area contributed by atoms with E-state index in [4.69, 9.17) is 9.47 Å². The highest BCUT2D eigenvalue weighted by molar-refractivity contribution is 7.92. The third-order valence-electron chi connectivity index (χ3n) is 4.11. The predicted molar refractivity (Wildman–Crippen MR) is 110 cm³/mol. The van der Waals surface area contributed by atoms with Gasteiger partial charge in [0.2, 0.25) is 0 Å². The number of ether oxygens (including phenoxy) is 2. The lowest BCUT2D eigenvalue weighted by Crippen LogP contribution is -2.34. The van der Waals surface area contributed by atoms with Crippen molar-refractivity contribution in [2.45, 2.75) is 26.4 Å². The summed E-state index contributed by atoms with van der Waals surface area (Å²) in [6, 6.07) is 5.55. The zero-order chi connectivity index (χ0) is 23.0. The van der Waals surface area contributed by atoms with E-state index in [0.717, 1.165) is 0 Å². The third kappa shape index (κ3) is 5.08. The fraction of sp³-hybridized carbons (Fsp3) is 0.368. The Labute approximate surface area is 178 Å². The fourth-order valence-electron chi connectivity index (χ4n) is 2.92. The molecule has 1 fully saturated rings. The van der Waals surface area contributed by atoms with Gasteiger partial charge in [-0.2, -0.15) is 8.42 Å². The van der Waals surface area contributed by atoms with Crippen LogP contribution in [-0.2, 0) is 19.7 Å². The van der Waals surface area contributed by atoms with Crippen molar-refractivity contribution in [2.75, 3.05) is 24.0 Å². The van der Waals surface area contributed by atoms with E-state index < -0.39 is 51.6 Å². The number of carbonyl (C=O) groups excluding carboxylic acids is 2. The number of phenols is 1. The first-order valence-electron chi connectivity index (χ1n) is 9.25. The van der Waals surface area contributed by atoms with Crippen LogP contribution in [0.25, 0.3) is 10.8 Å². The number of carbonyl (C=O) groups is 2. The fourth-order valence-corrected chi connectivity index (χ4v) is 4.08. The number of anilines is 1. The van der Waals surface area contributed by atoms with Gasteiger partial charge in [-0.15, -0.1) is 0 Å². The molecule has 0 radical (unpaired) electrons. The summed E-state index contributed by atoms with van der Waals surface area (Å²) >= 11 is 0. The zero-order valence-corrected chi connectivity index (χ0v) is 17.9. The molecule has 2 aromatic carbocycles. The number of rotatable bonds is 5. The van der Waals surface area contributed by atoms with Crippen LogP contribution >= 0.6 is 0 Å². The summed E-state index contributed by atoms with van der Waals surface area (Å²) in [5, 5.41) is 13.0. The second kappa shape index (κ2) is 8.10. The van der Waals surface area contributed by atoms with Crippen LogP contribution in [0.3, 0.4) is 0 Å². The van der Waals surface area contributed by atoms with E-state index in [1.807, 2.05) is 0 Å². The van der Waals surface area contributed by atoms with Crippen molar-refractivity contribution >= 4 is 38.7 Å². The van der Waals surface area contributed by atoms with Crippen molar-refractivity contribution < 1.29 is 37.0 Å². The van der Waals surface area contributed by atoms with Gasteiger partial charge in [0.25, 0.3) is 5.91 Å². The van der Waals surface area contributed by atoms with Crippen LogP contribution < -0.4 is 19.1 Å². The van der Waals surface area contributed by atoms with Gasteiger partial charge in [-0.05, 0) is 44.4 Å². The summed E-state index contributed by atoms with van der Waals surface area (Å²) in [7, 11) is -4.30. The van der Waals surface area contributed by atoms with Gasteiger partial charge in [0, 0.05) is 5.39 Å². The van der Waals surface area contributed by atoms with E-state index >= 15 is 4.39 Å². The largest absolute Gasteiger partial charge is 0.506 e. The van der Waals surface area contributed by atoms with E-state index in [2.05, 4.69) is 5.32 Å². The SMILES string of the molecule is CC(C)(C)OC(=O)NCCOc1ccc2cc(O)c(N3CC(=O)NS3(=O)=O)c(F)c2c1. The second-order valence-corrected chi connectivity index (χ2v) is 9.35. The number of fused-ring (bicyclic) bond motifs is 1. The highest BCUT2D eigenvalue weighted by Crippen LogP contribution is 2.39. The van der Waals surface area contributed by atoms with Crippen molar-refractivity contribution in [2.24, 2.45) is 0 Å². The Balaban J connectivity index is 1.78. The number of benzene rings is 2. The lowest BCUT2D eigenvalue weighted by molar-refractivity contribution is -0.117. The average Bonchev–Trinajstić information content (AvgIpc) is 2.90. The summed E-state index contributed by atoms with van der Waals surface area (Å²) in [4.78, 5) is 23.1. The standard InChI is InChI=1S/C19H22FN3O7S/c1-19(2,3)30-18(26)21-6-7-29-12-5-4-11-8-14(24)17(16(20)13(11)9-12)23-10-15(25)22-31(23,27)28/h4-5,8-9,24H,6-7,10H2,1-3H3,(H,21,26)(H,22,25). The summed E-state index contributed by atoms with van der Waals surface area (Å²) in [5.41, 5.74) is -1.26. The van der Waals surface area contributed by atoms with E-state index in [1.165, 1.54) is 24.3 Å². The first kappa shape index (κ1) is 22.4. The summed E-state index contributed by atoms with van der Waals surface area (Å²) in [5.74, 6) is -2.23. The van der Waals surface area contributed by atoms with Gasteiger partial charge >= 0.3 is 16.3 Å². The van der Waals surface area contributed by atoms with Crippen molar-refractivity contribution in [1.29, 1.82) is 0 Å². The first-order valence-corrected chi connectivity index (χ1v) is 10.7. The number of hydrogen-bond donors (Lipinski definition) is 3. The molecule has 0 bridgehead atoms. The maximum absolute atomic E-state index is 15.1. The monoisotopic (exact) mass is 455 g/mol. The number of amides is 2. The third-order valence-corrected chi connectivity index (χ3v) is 5.49. The molecule has 1 saturated heterocycles. The number of alkyl carbamates (subject to hydrolysis) is 1. The smallest absolute Gasteiger partial charge is 0.407 e. The van der Waals surface area contributed by atoms with Crippen LogP contribution in [0.5, 0.6) is 11.5 Å². The Bertz CT molecular complexity index is 1150. The van der Waals surface area contributed by atoms with Gasteiger partial charge < -0.3 is 19.9 Å². The second-order valence-electron chi connectivity index (χ2n) is 7.76. The van der Waals surface area contributed by atoms with Crippen LogP contribution in [-0.4, -0.2) is 50.8 Å². The van der Waals surface area contributed by atoms with Gasteiger partial charge in [0.15, 0.2) is 5.82 Å². The zero-order valence-electron chi connectivity index (χ0n) is 17.1.